The molecule has 5 nitrogen and oxygen atoms in total. The molecule has 1 amide bonds. The molecule has 0 spiro atoms. The number of hydrogen-bond donors (Lipinski definition) is 1. The van der Waals surface area contributed by atoms with Gasteiger partial charge in [-0.05, 0) is 50.3 Å². The number of rotatable bonds is 7. The van der Waals surface area contributed by atoms with E-state index in [4.69, 9.17) is 0 Å². The van der Waals surface area contributed by atoms with E-state index in [1.54, 1.807) is 18.2 Å². The number of amides is 1. The first-order valence-corrected chi connectivity index (χ1v) is 11.0. The van der Waals surface area contributed by atoms with E-state index in [1.807, 2.05) is 25.1 Å². The van der Waals surface area contributed by atoms with E-state index >= 15 is 0 Å². The van der Waals surface area contributed by atoms with Gasteiger partial charge in [0.25, 0.3) is 5.91 Å². The fourth-order valence-electron chi connectivity index (χ4n) is 3.28. The van der Waals surface area contributed by atoms with Gasteiger partial charge in [-0.2, -0.15) is 13.2 Å². The molecule has 35 heavy (non-hydrogen) atoms. The third kappa shape index (κ3) is 7.18. The Labute approximate surface area is 201 Å². The van der Waals surface area contributed by atoms with Crippen molar-refractivity contribution >= 4 is 17.2 Å². The number of ether oxygens (including phenoxy) is 1. The number of halogens is 6. The number of nitrogens with zero attached hydrogens (tertiary/aromatic N) is 2. The molecule has 1 heterocycles. The first-order chi connectivity index (χ1) is 16.2. The zero-order chi connectivity index (χ0) is 26.0. The molecule has 188 valence electrons. The summed E-state index contributed by atoms with van der Waals surface area (Å²) in [7, 11) is 3.71. The Bertz CT molecular complexity index is 1190. The molecule has 0 radical (unpaired) electrons. The number of alkyl halides is 6. The Kier molecular flexibility index (Phi) is 7.75. The van der Waals surface area contributed by atoms with Crippen molar-refractivity contribution < 1.29 is 35.9 Å². The number of aromatic nitrogens is 1. The molecule has 1 atom stereocenters. The average Bonchev–Trinajstić information content (AvgIpc) is 3.19. The van der Waals surface area contributed by atoms with Crippen LogP contribution in [0.1, 0.15) is 39.5 Å². The van der Waals surface area contributed by atoms with Crippen LogP contribution < -0.4 is 10.1 Å². The summed E-state index contributed by atoms with van der Waals surface area (Å²) in [6.45, 7) is 2.00. The van der Waals surface area contributed by atoms with Gasteiger partial charge in [-0.25, -0.2) is 4.98 Å². The molecule has 0 fully saturated rings. The van der Waals surface area contributed by atoms with E-state index in [1.165, 1.54) is 19.1 Å². The molecule has 1 N–H and O–H groups in total. The molecule has 0 saturated heterocycles. The lowest BCUT2D eigenvalue weighted by Crippen LogP contribution is -2.28. The lowest BCUT2D eigenvalue weighted by molar-refractivity contribution is -0.274. The van der Waals surface area contributed by atoms with Crippen LogP contribution in [0, 0.1) is 0 Å². The molecule has 0 bridgehead atoms. The molecule has 2 aromatic carbocycles. The number of carbonyl (C=O) groups excluding carboxylic acids is 1. The summed E-state index contributed by atoms with van der Waals surface area (Å²) in [6.07, 6.45) is -9.79. The maximum atomic E-state index is 13.7. The standard InChI is InChI=1S/C23H21F6N3O2S/c1-13(15-7-5-9-17(11-15)34-23(27,28)29)30-20(33)18-19(22(24,25)26)31-21(35-18)16-8-4-6-14(10-16)12-32(2)3/h4-11,13H,12H2,1-3H3,(H,30,33). The van der Waals surface area contributed by atoms with Gasteiger partial charge in [-0.1, -0.05) is 30.3 Å². The smallest absolute Gasteiger partial charge is 0.406 e. The molecule has 1 aromatic heterocycles. The van der Waals surface area contributed by atoms with Crippen molar-refractivity contribution in [3.63, 3.8) is 0 Å². The molecule has 0 aliphatic carbocycles. The van der Waals surface area contributed by atoms with E-state index in [0.29, 0.717) is 23.4 Å². The van der Waals surface area contributed by atoms with Crippen LogP contribution >= 0.6 is 11.3 Å². The lowest BCUT2D eigenvalue weighted by Gasteiger charge is -2.16. The number of thiazole rings is 1. The molecule has 0 aliphatic rings. The summed E-state index contributed by atoms with van der Waals surface area (Å²) in [6, 6.07) is 10.8. The van der Waals surface area contributed by atoms with Crippen LogP contribution in [0.5, 0.6) is 5.75 Å². The van der Waals surface area contributed by atoms with Crippen LogP contribution in [0.15, 0.2) is 48.5 Å². The molecule has 12 heteroatoms. The second kappa shape index (κ2) is 10.2. The largest absolute Gasteiger partial charge is 0.573 e. The van der Waals surface area contributed by atoms with E-state index in [0.717, 1.165) is 17.7 Å². The summed E-state index contributed by atoms with van der Waals surface area (Å²) in [5.74, 6) is -1.55. The monoisotopic (exact) mass is 517 g/mol. The quantitative estimate of drug-likeness (QED) is 0.375. The first-order valence-electron chi connectivity index (χ1n) is 10.2. The minimum atomic E-state index is -4.91. The fraction of sp³-hybridized carbons (Fsp3) is 0.304. The van der Waals surface area contributed by atoms with Crippen LogP contribution in [-0.2, 0) is 12.7 Å². The summed E-state index contributed by atoms with van der Waals surface area (Å²) in [5.41, 5.74) is 0.185. The van der Waals surface area contributed by atoms with Crippen LogP contribution in [0.2, 0.25) is 0 Å². The van der Waals surface area contributed by atoms with Gasteiger partial charge in [0.05, 0.1) is 6.04 Å². The van der Waals surface area contributed by atoms with Gasteiger partial charge in [-0.3, -0.25) is 4.79 Å². The molecular weight excluding hydrogens is 496 g/mol. The van der Waals surface area contributed by atoms with Gasteiger partial charge in [-0.15, -0.1) is 24.5 Å². The third-order valence-corrected chi connectivity index (χ3v) is 5.82. The summed E-state index contributed by atoms with van der Waals surface area (Å²) >= 11 is 0.593. The molecule has 0 aliphatic heterocycles. The normalized spacial score (nSPS) is 13.1. The highest BCUT2D eigenvalue weighted by Crippen LogP contribution is 2.38. The van der Waals surface area contributed by atoms with Gasteiger partial charge in [0.1, 0.15) is 15.6 Å². The van der Waals surface area contributed by atoms with E-state index in [2.05, 4.69) is 15.0 Å². The molecule has 1 unspecified atom stereocenters. The van der Waals surface area contributed by atoms with Crippen molar-refractivity contribution in [2.45, 2.75) is 32.0 Å². The van der Waals surface area contributed by atoms with Crippen molar-refractivity contribution in [1.82, 2.24) is 15.2 Å². The van der Waals surface area contributed by atoms with Gasteiger partial charge in [0, 0.05) is 12.1 Å². The summed E-state index contributed by atoms with van der Waals surface area (Å²) in [4.78, 5) is 17.8. The highest BCUT2D eigenvalue weighted by Gasteiger charge is 2.40. The average molecular weight is 517 g/mol. The maximum absolute atomic E-state index is 13.7. The number of benzene rings is 2. The zero-order valence-electron chi connectivity index (χ0n) is 18.8. The molecule has 0 saturated carbocycles. The predicted octanol–water partition coefficient (Wildman–Crippen LogP) is 6.28. The Balaban J connectivity index is 1.88. The number of nitrogens with one attached hydrogen (secondary N) is 1. The van der Waals surface area contributed by atoms with E-state index < -0.39 is 40.8 Å². The second-order valence-corrected chi connectivity index (χ2v) is 8.95. The first kappa shape index (κ1) is 26.5. The highest BCUT2D eigenvalue weighted by molar-refractivity contribution is 7.17. The Morgan fingerprint density at radius 1 is 1.09 bits per heavy atom. The molecule has 3 rings (SSSR count). The van der Waals surface area contributed by atoms with Crippen LogP contribution in [0.4, 0.5) is 26.3 Å². The van der Waals surface area contributed by atoms with Crippen LogP contribution in [-0.4, -0.2) is 36.2 Å². The molecule has 3 aromatic rings. The molecular formula is C23H21F6N3O2S. The predicted molar refractivity (Wildman–Crippen MR) is 119 cm³/mol. The topological polar surface area (TPSA) is 54.5 Å². The minimum absolute atomic E-state index is 0.0244. The van der Waals surface area contributed by atoms with Crippen LogP contribution in [0.3, 0.4) is 0 Å². The Hall–Kier alpha value is -3.12. The van der Waals surface area contributed by atoms with Crippen molar-refractivity contribution in [1.29, 1.82) is 0 Å². The van der Waals surface area contributed by atoms with Crippen molar-refractivity contribution in [2.75, 3.05) is 14.1 Å². The van der Waals surface area contributed by atoms with Gasteiger partial charge in [0.2, 0.25) is 0 Å². The van der Waals surface area contributed by atoms with Crippen molar-refractivity contribution in [3.05, 3.63) is 70.2 Å². The van der Waals surface area contributed by atoms with Crippen molar-refractivity contribution in [3.8, 4) is 16.3 Å². The number of hydrogen-bond acceptors (Lipinski definition) is 5. The van der Waals surface area contributed by atoms with Gasteiger partial charge < -0.3 is 15.0 Å². The number of carbonyl (C=O) groups is 1. The van der Waals surface area contributed by atoms with Crippen LogP contribution in [0.25, 0.3) is 10.6 Å². The Morgan fingerprint density at radius 2 is 1.77 bits per heavy atom. The summed E-state index contributed by atoms with van der Waals surface area (Å²) < 4.78 is 82.4. The van der Waals surface area contributed by atoms with Crippen molar-refractivity contribution in [2.24, 2.45) is 0 Å². The van der Waals surface area contributed by atoms with E-state index in [9.17, 15) is 31.1 Å². The van der Waals surface area contributed by atoms with Gasteiger partial charge in [0.15, 0.2) is 5.69 Å². The summed E-state index contributed by atoms with van der Waals surface area (Å²) in [5, 5.41) is 2.43. The van der Waals surface area contributed by atoms with E-state index in [-0.39, 0.29) is 10.6 Å². The highest BCUT2D eigenvalue weighted by atomic mass is 32.1. The third-order valence-electron chi connectivity index (χ3n) is 4.71. The zero-order valence-corrected chi connectivity index (χ0v) is 19.6. The second-order valence-electron chi connectivity index (χ2n) is 7.95. The lowest BCUT2D eigenvalue weighted by atomic mass is 10.1. The van der Waals surface area contributed by atoms with Gasteiger partial charge >= 0.3 is 12.5 Å². The SMILES string of the molecule is CC(NC(=O)c1sc(-c2cccc(CN(C)C)c2)nc1C(F)(F)F)c1cccc(OC(F)(F)F)c1. The fourth-order valence-corrected chi connectivity index (χ4v) is 4.27. The minimum Gasteiger partial charge on any atom is -0.406 e. The maximum Gasteiger partial charge on any atom is 0.573 e. The Morgan fingerprint density at radius 3 is 2.40 bits per heavy atom.